The molecular formula is C18H27N3O2S. The molecule has 0 unspecified atom stereocenters. The van der Waals surface area contributed by atoms with E-state index in [2.05, 4.69) is 16.8 Å². The standard InChI is InChI=1S/C18H27N3O2S/c1-13-4-8-20(9-5-13)18(22)16-3-2-14-15(23-16)6-10-21(14)12-17-19-7-11-24-17/h7,11,13-16H,2-6,8-10,12H2,1H3/t14-,15-,16-/m1/s1. The molecule has 0 N–H and O–H groups in total. The molecule has 132 valence electrons. The van der Waals surface area contributed by atoms with E-state index in [1.807, 2.05) is 16.5 Å². The van der Waals surface area contributed by atoms with Crippen LogP contribution in [-0.4, -0.2) is 58.6 Å². The van der Waals surface area contributed by atoms with Gasteiger partial charge in [-0.05, 0) is 38.0 Å². The molecule has 6 heteroatoms. The molecule has 1 aromatic heterocycles. The van der Waals surface area contributed by atoms with Crippen LogP contribution in [0.4, 0.5) is 0 Å². The van der Waals surface area contributed by atoms with E-state index in [0.717, 1.165) is 64.2 Å². The van der Waals surface area contributed by atoms with Crippen molar-refractivity contribution < 1.29 is 9.53 Å². The first kappa shape index (κ1) is 16.5. The lowest BCUT2D eigenvalue weighted by molar-refractivity contribution is -0.155. The van der Waals surface area contributed by atoms with Crippen LogP contribution in [0.1, 0.15) is 44.0 Å². The smallest absolute Gasteiger partial charge is 0.251 e. The molecule has 3 atom stereocenters. The molecule has 1 amide bonds. The van der Waals surface area contributed by atoms with Gasteiger partial charge in [0, 0.05) is 37.3 Å². The maximum Gasteiger partial charge on any atom is 0.251 e. The number of likely N-dealkylation sites (tertiary alicyclic amines) is 2. The Labute approximate surface area is 148 Å². The van der Waals surface area contributed by atoms with Crippen molar-refractivity contribution in [2.45, 2.75) is 63.8 Å². The van der Waals surface area contributed by atoms with Gasteiger partial charge in [0.1, 0.15) is 11.1 Å². The first-order valence-electron chi connectivity index (χ1n) is 9.27. The predicted octanol–water partition coefficient (Wildman–Crippen LogP) is 2.52. The van der Waals surface area contributed by atoms with Crippen LogP contribution < -0.4 is 0 Å². The SMILES string of the molecule is CC1CCN(C(=O)[C@H]2CC[C@@H]3[C@@H](CCN3Cc3nccs3)O2)CC1. The fourth-order valence-corrected chi connectivity index (χ4v) is 4.97. The molecule has 5 nitrogen and oxygen atoms in total. The lowest BCUT2D eigenvalue weighted by atomic mass is 9.96. The van der Waals surface area contributed by atoms with Gasteiger partial charge in [0.05, 0.1) is 12.6 Å². The minimum atomic E-state index is -0.209. The van der Waals surface area contributed by atoms with Gasteiger partial charge in [-0.3, -0.25) is 9.69 Å². The number of ether oxygens (including phenoxy) is 1. The van der Waals surface area contributed by atoms with Crippen molar-refractivity contribution in [3.05, 3.63) is 16.6 Å². The molecule has 3 aliphatic heterocycles. The molecule has 0 bridgehead atoms. The molecule has 3 fully saturated rings. The van der Waals surface area contributed by atoms with Crippen LogP contribution in [-0.2, 0) is 16.1 Å². The second-order valence-electron chi connectivity index (χ2n) is 7.50. The Kier molecular flexibility index (Phi) is 4.88. The summed E-state index contributed by atoms with van der Waals surface area (Å²) in [7, 11) is 0. The van der Waals surface area contributed by atoms with Crippen LogP contribution in [0, 0.1) is 5.92 Å². The lowest BCUT2D eigenvalue weighted by Gasteiger charge is -2.38. The summed E-state index contributed by atoms with van der Waals surface area (Å²) < 4.78 is 6.25. The van der Waals surface area contributed by atoms with Gasteiger partial charge in [0.15, 0.2) is 0 Å². The maximum atomic E-state index is 12.8. The molecule has 0 spiro atoms. The largest absolute Gasteiger partial charge is 0.363 e. The number of hydrogen-bond donors (Lipinski definition) is 0. The molecule has 3 saturated heterocycles. The number of carbonyl (C=O) groups is 1. The van der Waals surface area contributed by atoms with Gasteiger partial charge in [-0.1, -0.05) is 6.92 Å². The number of rotatable bonds is 3. The van der Waals surface area contributed by atoms with E-state index in [0.29, 0.717) is 6.04 Å². The van der Waals surface area contributed by atoms with Gasteiger partial charge in [-0.2, -0.15) is 0 Å². The average Bonchev–Trinajstić information content (AvgIpc) is 3.25. The van der Waals surface area contributed by atoms with Gasteiger partial charge in [0.25, 0.3) is 5.91 Å². The molecule has 0 radical (unpaired) electrons. The molecule has 3 aliphatic rings. The van der Waals surface area contributed by atoms with Crippen molar-refractivity contribution in [1.29, 1.82) is 0 Å². The third-order valence-corrected chi connectivity index (χ3v) is 6.62. The number of carbonyl (C=O) groups excluding carboxylic acids is 1. The first-order chi connectivity index (χ1) is 11.7. The van der Waals surface area contributed by atoms with Gasteiger partial charge < -0.3 is 9.64 Å². The fraction of sp³-hybridized carbons (Fsp3) is 0.778. The Morgan fingerprint density at radius 3 is 2.83 bits per heavy atom. The van der Waals surface area contributed by atoms with E-state index < -0.39 is 0 Å². The van der Waals surface area contributed by atoms with E-state index >= 15 is 0 Å². The second-order valence-corrected chi connectivity index (χ2v) is 8.48. The van der Waals surface area contributed by atoms with E-state index in [9.17, 15) is 4.79 Å². The molecule has 24 heavy (non-hydrogen) atoms. The van der Waals surface area contributed by atoms with Crippen molar-refractivity contribution >= 4 is 17.2 Å². The highest BCUT2D eigenvalue weighted by molar-refractivity contribution is 7.09. The third-order valence-electron chi connectivity index (χ3n) is 5.86. The summed E-state index contributed by atoms with van der Waals surface area (Å²) in [5.74, 6) is 0.985. The number of fused-ring (bicyclic) bond motifs is 1. The molecule has 0 aliphatic carbocycles. The van der Waals surface area contributed by atoms with Crippen LogP contribution >= 0.6 is 11.3 Å². The van der Waals surface area contributed by atoms with Crippen LogP contribution in [0.5, 0.6) is 0 Å². The molecule has 0 saturated carbocycles. The number of aromatic nitrogens is 1. The van der Waals surface area contributed by atoms with Gasteiger partial charge >= 0.3 is 0 Å². The normalized spacial score (nSPS) is 32.0. The Balaban J connectivity index is 1.33. The van der Waals surface area contributed by atoms with Crippen LogP contribution in [0.3, 0.4) is 0 Å². The summed E-state index contributed by atoms with van der Waals surface area (Å²) in [6, 6.07) is 0.458. The zero-order valence-corrected chi connectivity index (χ0v) is 15.2. The Bertz CT molecular complexity index is 557. The van der Waals surface area contributed by atoms with Gasteiger partial charge in [-0.15, -0.1) is 11.3 Å². The summed E-state index contributed by atoms with van der Waals surface area (Å²) in [5, 5.41) is 3.21. The van der Waals surface area contributed by atoms with Crippen molar-refractivity contribution in [1.82, 2.24) is 14.8 Å². The van der Waals surface area contributed by atoms with Crippen molar-refractivity contribution in [2.75, 3.05) is 19.6 Å². The minimum Gasteiger partial charge on any atom is -0.363 e. The quantitative estimate of drug-likeness (QED) is 0.841. The highest BCUT2D eigenvalue weighted by Crippen LogP contribution is 2.33. The van der Waals surface area contributed by atoms with Gasteiger partial charge in [-0.25, -0.2) is 4.98 Å². The molecule has 1 aromatic rings. The minimum absolute atomic E-state index is 0.209. The summed E-state index contributed by atoms with van der Waals surface area (Å²) in [6.45, 7) is 6.06. The Morgan fingerprint density at radius 1 is 1.25 bits per heavy atom. The molecule has 4 heterocycles. The van der Waals surface area contributed by atoms with Crippen LogP contribution in [0.25, 0.3) is 0 Å². The summed E-state index contributed by atoms with van der Waals surface area (Å²) in [6.07, 6.45) is 7.11. The Hall–Kier alpha value is -0.980. The maximum absolute atomic E-state index is 12.8. The van der Waals surface area contributed by atoms with E-state index in [4.69, 9.17) is 4.74 Å². The van der Waals surface area contributed by atoms with E-state index in [1.165, 1.54) is 5.01 Å². The number of nitrogens with zero attached hydrogens (tertiary/aromatic N) is 3. The predicted molar refractivity (Wildman–Crippen MR) is 93.8 cm³/mol. The molecular weight excluding hydrogens is 322 g/mol. The van der Waals surface area contributed by atoms with Crippen molar-refractivity contribution in [2.24, 2.45) is 5.92 Å². The monoisotopic (exact) mass is 349 g/mol. The van der Waals surface area contributed by atoms with Crippen molar-refractivity contribution in [3.8, 4) is 0 Å². The van der Waals surface area contributed by atoms with E-state index in [-0.39, 0.29) is 18.1 Å². The lowest BCUT2D eigenvalue weighted by Crippen LogP contribution is -2.50. The van der Waals surface area contributed by atoms with Crippen LogP contribution in [0.2, 0.25) is 0 Å². The summed E-state index contributed by atoms with van der Waals surface area (Å²) in [5.41, 5.74) is 0. The number of piperidine rings is 1. The zero-order chi connectivity index (χ0) is 16.5. The molecule has 0 aromatic carbocycles. The van der Waals surface area contributed by atoms with Crippen molar-refractivity contribution in [3.63, 3.8) is 0 Å². The second kappa shape index (κ2) is 7.10. The average molecular weight is 350 g/mol. The number of thiazole rings is 1. The topological polar surface area (TPSA) is 45.7 Å². The highest BCUT2D eigenvalue weighted by atomic mass is 32.1. The first-order valence-corrected chi connectivity index (χ1v) is 10.2. The Morgan fingerprint density at radius 2 is 2.08 bits per heavy atom. The van der Waals surface area contributed by atoms with E-state index in [1.54, 1.807) is 11.3 Å². The molecule has 4 rings (SSSR count). The third kappa shape index (κ3) is 3.37. The zero-order valence-electron chi connectivity index (χ0n) is 14.4. The summed E-state index contributed by atoms with van der Waals surface area (Å²) in [4.78, 5) is 21.7. The van der Waals surface area contributed by atoms with Crippen LogP contribution in [0.15, 0.2) is 11.6 Å². The van der Waals surface area contributed by atoms with Gasteiger partial charge in [0.2, 0.25) is 0 Å². The number of hydrogen-bond acceptors (Lipinski definition) is 5. The highest BCUT2D eigenvalue weighted by Gasteiger charge is 2.42. The number of amides is 1. The fourth-order valence-electron chi connectivity index (χ4n) is 4.33. The summed E-state index contributed by atoms with van der Waals surface area (Å²) >= 11 is 1.72.